The fourth-order valence-electron chi connectivity index (χ4n) is 0.466. The molecule has 0 aromatic heterocycles. The zero-order valence-electron chi connectivity index (χ0n) is 4.92. The van der Waals surface area contributed by atoms with E-state index in [4.69, 9.17) is 0 Å². The maximum atomic E-state index is 10.1. The number of rotatable bonds is 0. The van der Waals surface area contributed by atoms with Gasteiger partial charge in [-0.3, -0.25) is 0 Å². The smallest absolute Gasteiger partial charge is 0.832 e. The second-order valence-corrected chi connectivity index (χ2v) is 1.38. The normalized spacial score (nSPS) is 19.9. The van der Waals surface area contributed by atoms with E-state index in [2.05, 4.69) is 9.31 Å². The van der Waals surface area contributed by atoms with Crippen molar-refractivity contribution in [3.63, 3.8) is 0 Å². The third-order valence-corrected chi connectivity index (χ3v) is 0.797. The van der Waals surface area contributed by atoms with Crippen molar-refractivity contribution in [2.75, 3.05) is 13.2 Å². The molecule has 0 spiro atoms. The van der Waals surface area contributed by atoms with Crippen molar-refractivity contribution in [3.8, 4) is 0 Å². The average molecular weight is 124 g/mol. The molecule has 1 aliphatic rings. The summed E-state index contributed by atoms with van der Waals surface area (Å²) >= 11 is 0. The molecule has 0 aromatic carbocycles. The van der Waals surface area contributed by atoms with Crippen LogP contribution in [0.4, 0.5) is 0 Å². The summed E-state index contributed by atoms with van der Waals surface area (Å²) in [5, 5.41) is 10.1. The standard InChI is InChI=1S/C3H6BO3.Na/c5-4-6-2-1-3-7-4;/h1-3H2;/q-1;+1. The molecule has 0 atom stereocenters. The van der Waals surface area contributed by atoms with Crippen LogP contribution in [0.25, 0.3) is 0 Å². The van der Waals surface area contributed by atoms with E-state index in [9.17, 15) is 5.02 Å². The van der Waals surface area contributed by atoms with Crippen molar-refractivity contribution in [1.29, 1.82) is 0 Å². The molecular weight excluding hydrogens is 118 g/mol. The average Bonchev–Trinajstić information content (AvgIpc) is 1.69. The van der Waals surface area contributed by atoms with Gasteiger partial charge in [0.2, 0.25) is 0 Å². The minimum absolute atomic E-state index is 0. The summed E-state index contributed by atoms with van der Waals surface area (Å²) in [4.78, 5) is 0. The van der Waals surface area contributed by atoms with E-state index in [1.807, 2.05) is 0 Å². The Kier molecular flexibility index (Phi) is 5.36. The molecule has 8 heavy (non-hydrogen) atoms. The van der Waals surface area contributed by atoms with Gasteiger partial charge >= 0.3 is 36.9 Å². The van der Waals surface area contributed by atoms with Crippen LogP contribution in [0.15, 0.2) is 0 Å². The second kappa shape index (κ2) is 4.79. The quantitative estimate of drug-likeness (QED) is 0.307. The molecule has 0 amide bonds. The van der Waals surface area contributed by atoms with Crippen LogP contribution in [0.5, 0.6) is 0 Å². The van der Waals surface area contributed by atoms with Gasteiger partial charge in [0.25, 0.3) is 0 Å². The van der Waals surface area contributed by atoms with Gasteiger partial charge in [0, 0.05) is 13.2 Å². The Morgan fingerprint density at radius 2 is 1.75 bits per heavy atom. The van der Waals surface area contributed by atoms with Crippen LogP contribution in [-0.4, -0.2) is 20.5 Å². The number of hydrogen-bond acceptors (Lipinski definition) is 3. The van der Waals surface area contributed by atoms with Crippen LogP contribution in [0, 0.1) is 0 Å². The van der Waals surface area contributed by atoms with E-state index in [1.165, 1.54) is 0 Å². The minimum Gasteiger partial charge on any atom is -0.832 e. The Morgan fingerprint density at radius 3 is 2.00 bits per heavy atom. The van der Waals surface area contributed by atoms with Crippen molar-refractivity contribution < 1.29 is 43.9 Å². The molecule has 5 heteroatoms. The molecule has 0 unspecified atom stereocenters. The van der Waals surface area contributed by atoms with Gasteiger partial charge in [0.1, 0.15) is 0 Å². The van der Waals surface area contributed by atoms with Crippen molar-refractivity contribution in [2.24, 2.45) is 0 Å². The SMILES string of the molecule is [Na+].[O-]B1OCCCO1. The van der Waals surface area contributed by atoms with Crippen LogP contribution in [0.2, 0.25) is 0 Å². The summed E-state index contributed by atoms with van der Waals surface area (Å²) in [6, 6.07) is 0. The van der Waals surface area contributed by atoms with E-state index in [0.717, 1.165) is 6.42 Å². The van der Waals surface area contributed by atoms with Gasteiger partial charge in [-0.05, 0) is 6.42 Å². The van der Waals surface area contributed by atoms with Crippen molar-refractivity contribution >= 4 is 7.32 Å². The van der Waals surface area contributed by atoms with E-state index < -0.39 is 7.32 Å². The fourth-order valence-corrected chi connectivity index (χ4v) is 0.466. The molecule has 0 N–H and O–H groups in total. The van der Waals surface area contributed by atoms with Crippen molar-refractivity contribution in [1.82, 2.24) is 0 Å². The van der Waals surface area contributed by atoms with Gasteiger partial charge in [-0.2, -0.15) is 0 Å². The van der Waals surface area contributed by atoms with Crippen LogP contribution >= 0.6 is 0 Å². The molecule has 1 aliphatic heterocycles. The third-order valence-electron chi connectivity index (χ3n) is 0.797. The first-order valence-corrected chi connectivity index (χ1v) is 2.28. The Morgan fingerprint density at radius 1 is 1.25 bits per heavy atom. The molecule has 40 valence electrons. The largest absolute Gasteiger partial charge is 1.00 e. The Labute approximate surface area is 70.8 Å². The summed E-state index contributed by atoms with van der Waals surface area (Å²) in [5.74, 6) is 0. The van der Waals surface area contributed by atoms with E-state index in [-0.39, 0.29) is 29.6 Å². The molecule has 1 rings (SSSR count). The van der Waals surface area contributed by atoms with E-state index in [0.29, 0.717) is 13.2 Å². The van der Waals surface area contributed by atoms with Gasteiger partial charge in [-0.25, -0.2) is 0 Å². The number of hydrogen-bond donors (Lipinski definition) is 0. The Balaban J connectivity index is 0.000000490. The third kappa shape index (κ3) is 3.07. The molecule has 0 radical (unpaired) electrons. The molecule has 1 fully saturated rings. The van der Waals surface area contributed by atoms with E-state index in [1.54, 1.807) is 0 Å². The van der Waals surface area contributed by atoms with Gasteiger partial charge in [-0.15, -0.1) is 0 Å². The predicted molar refractivity (Wildman–Crippen MR) is 22.3 cm³/mol. The molecule has 1 heterocycles. The van der Waals surface area contributed by atoms with Crippen LogP contribution in [0.3, 0.4) is 0 Å². The molecule has 3 nitrogen and oxygen atoms in total. The molecular formula is C3H6BNaO3. The molecule has 1 saturated heterocycles. The Hall–Kier alpha value is 0.945. The molecule has 0 aliphatic carbocycles. The van der Waals surface area contributed by atoms with Crippen LogP contribution < -0.4 is 34.6 Å². The second-order valence-electron chi connectivity index (χ2n) is 1.38. The zero-order valence-corrected chi connectivity index (χ0v) is 6.92. The molecule has 0 bridgehead atoms. The summed E-state index contributed by atoms with van der Waals surface area (Å²) < 4.78 is 9.00. The summed E-state index contributed by atoms with van der Waals surface area (Å²) in [6.07, 6.45) is 0.846. The summed E-state index contributed by atoms with van der Waals surface area (Å²) in [5.41, 5.74) is 0. The van der Waals surface area contributed by atoms with Gasteiger partial charge < -0.3 is 14.3 Å². The van der Waals surface area contributed by atoms with E-state index >= 15 is 0 Å². The first-order valence-electron chi connectivity index (χ1n) is 2.28. The first-order chi connectivity index (χ1) is 3.39. The zero-order chi connectivity index (χ0) is 5.11. The van der Waals surface area contributed by atoms with Gasteiger partial charge in [0.05, 0.1) is 0 Å². The van der Waals surface area contributed by atoms with Crippen molar-refractivity contribution in [2.45, 2.75) is 6.42 Å². The monoisotopic (exact) mass is 124 g/mol. The first kappa shape index (κ1) is 8.94. The van der Waals surface area contributed by atoms with Crippen LogP contribution in [0.1, 0.15) is 6.42 Å². The van der Waals surface area contributed by atoms with Gasteiger partial charge in [0.15, 0.2) is 0 Å². The topological polar surface area (TPSA) is 41.5 Å². The summed E-state index contributed by atoms with van der Waals surface area (Å²) in [6.45, 7) is 1.10. The van der Waals surface area contributed by atoms with Crippen molar-refractivity contribution in [3.05, 3.63) is 0 Å². The summed E-state index contributed by atoms with van der Waals surface area (Å²) in [7, 11) is -1.21. The van der Waals surface area contributed by atoms with Gasteiger partial charge in [-0.1, -0.05) is 0 Å². The van der Waals surface area contributed by atoms with Crippen LogP contribution in [-0.2, 0) is 9.31 Å². The maximum Gasteiger partial charge on any atom is 1.00 e. The fraction of sp³-hybridized carbons (Fsp3) is 1.00. The Bertz CT molecular complexity index is 56.5. The molecule has 0 aromatic rings. The molecule has 0 saturated carbocycles. The predicted octanol–water partition coefficient (Wildman–Crippen LogP) is -4.23. The minimum atomic E-state index is -1.21. The maximum absolute atomic E-state index is 10.1.